The van der Waals surface area contributed by atoms with Crippen molar-refractivity contribution in [2.24, 2.45) is 16.6 Å². The lowest BCUT2D eigenvalue weighted by Crippen LogP contribution is -2.63. The predicted octanol–water partition coefficient (Wildman–Crippen LogP) is -0.561. The molecule has 0 aromatic carbocycles. The average Bonchev–Trinajstić information content (AvgIpc) is 3.16. The van der Waals surface area contributed by atoms with Gasteiger partial charge in [-0.15, -0.1) is 0 Å². The van der Waals surface area contributed by atoms with E-state index in [0.717, 1.165) is 4.90 Å². The number of fused-ring (bicyclic) bond motifs is 1. The number of hydrogen-bond donors (Lipinski definition) is 1. The van der Waals surface area contributed by atoms with Gasteiger partial charge in [0, 0.05) is 38.2 Å². The number of aliphatic imine (C=N–C) groups is 1. The molecule has 0 saturated carbocycles. The van der Waals surface area contributed by atoms with E-state index in [1.807, 2.05) is 4.90 Å². The number of nitrogens with zero attached hydrogens (tertiary/aromatic N) is 7. The number of amidine groups is 1. The Bertz CT molecular complexity index is 956. The summed E-state index contributed by atoms with van der Waals surface area (Å²) >= 11 is 1.49. The molecule has 4 amide bonds. The van der Waals surface area contributed by atoms with Gasteiger partial charge >= 0.3 is 12.0 Å². The second-order valence-electron chi connectivity index (χ2n) is 7.65. The van der Waals surface area contributed by atoms with Gasteiger partial charge in [-0.05, 0) is 18.9 Å². The maximum atomic E-state index is 13.0. The van der Waals surface area contributed by atoms with Crippen LogP contribution in [0.25, 0.3) is 0 Å². The summed E-state index contributed by atoms with van der Waals surface area (Å²) in [7, 11) is 3.11. The van der Waals surface area contributed by atoms with Crippen molar-refractivity contribution in [3.05, 3.63) is 18.5 Å². The van der Waals surface area contributed by atoms with Crippen LogP contribution in [0.5, 0.6) is 0 Å². The van der Waals surface area contributed by atoms with Crippen LogP contribution in [0.4, 0.5) is 4.79 Å². The van der Waals surface area contributed by atoms with E-state index in [2.05, 4.69) is 14.5 Å². The Balaban J connectivity index is 1.60. The van der Waals surface area contributed by atoms with Gasteiger partial charge < -0.3 is 5.73 Å². The molecule has 164 valence electrons. The SMILES string of the molecule is CN1C(=O)C2C(=NC(=[N+]3CCC(C(N)=O)CC3)N2CCSc2ncccn2)N(C)C1=O. The number of urea groups is 1. The second kappa shape index (κ2) is 8.61. The van der Waals surface area contributed by atoms with Crippen molar-refractivity contribution in [1.29, 1.82) is 0 Å². The van der Waals surface area contributed by atoms with E-state index in [9.17, 15) is 14.4 Å². The van der Waals surface area contributed by atoms with E-state index in [-0.39, 0.29) is 17.7 Å². The number of hydrogen-bond acceptors (Lipinski definition) is 6. The minimum atomic E-state index is -0.658. The van der Waals surface area contributed by atoms with Crippen LogP contribution >= 0.6 is 11.8 Å². The highest BCUT2D eigenvalue weighted by Gasteiger charge is 2.55. The minimum Gasteiger partial charge on any atom is -0.369 e. The third-order valence-electron chi connectivity index (χ3n) is 5.80. The maximum Gasteiger partial charge on any atom is 0.392 e. The van der Waals surface area contributed by atoms with E-state index in [1.165, 1.54) is 23.7 Å². The predicted molar refractivity (Wildman–Crippen MR) is 114 cm³/mol. The number of imide groups is 1. The first-order valence-electron chi connectivity index (χ1n) is 10.1. The summed E-state index contributed by atoms with van der Waals surface area (Å²) in [5, 5.41) is 0.658. The van der Waals surface area contributed by atoms with Gasteiger partial charge in [0.15, 0.2) is 5.16 Å². The molecule has 1 atom stereocenters. The molecule has 4 heterocycles. The summed E-state index contributed by atoms with van der Waals surface area (Å²) in [6, 6.07) is 0.699. The van der Waals surface area contributed by atoms with E-state index in [0.29, 0.717) is 55.2 Å². The van der Waals surface area contributed by atoms with Crippen LogP contribution in [0.15, 0.2) is 28.6 Å². The second-order valence-corrected chi connectivity index (χ2v) is 8.71. The van der Waals surface area contributed by atoms with Crippen molar-refractivity contribution in [2.75, 3.05) is 39.5 Å². The summed E-state index contributed by atoms with van der Waals surface area (Å²) < 4.78 is 2.07. The molecule has 3 aliphatic heterocycles. The zero-order valence-corrected chi connectivity index (χ0v) is 18.3. The number of aromatic nitrogens is 2. The summed E-state index contributed by atoms with van der Waals surface area (Å²) in [6.07, 6.45) is 4.65. The fourth-order valence-electron chi connectivity index (χ4n) is 4.03. The Labute approximate surface area is 184 Å². The number of thioether (sulfide) groups is 1. The van der Waals surface area contributed by atoms with E-state index >= 15 is 0 Å². The summed E-state index contributed by atoms with van der Waals surface area (Å²) in [5.41, 5.74) is 5.47. The van der Waals surface area contributed by atoms with Gasteiger partial charge in [0.2, 0.25) is 17.8 Å². The van der Waals surface area contributed by atoms with Gasteiger partial charge in [-0.1, -0.05) is 16.8 Å². The highest BCUT2D eigenvalue weighted by Crippen LogP contribution is 2.25. The first-order valence-corrected chi connectivity index (χ1v) is 11.1. The molecule has 2 fully saturated rings. The van der Waals surface area contributed by atoms with Crippen LogP contribution in [-0.4, -0.2) is 104 Å². The number of carbonyl (C=O) groups is 3. The van der Waals surface area contributed by atoms with Gasteiger partial charge in [-0.2, -0.15) is 0 Å². The topological polar surface area (TPSA) is 128 Å². The van der Waals surface area contributed by atoms with Crippen molar-refractivity contribution < 1.29 is 19.0 Å². The minimum absolute atomic E-state index is 0.149. The van der Waals surface area contributed by atoms with E-state index in [4.69, 9.17) is 10.7 Å². The molecule has 0 aliphatic carbocycles. The van der Waals surface area contributed by atoms with Crippen molar-refractivity contribution >= 4 is 41.4 Å². The molecule has 12 heteroatoms. The van der Waals surface area contributed by atoms with Crippen LogP contribution in [-0.2, 0) is 9.59 Å². The van der Waals surface area contributed by atoms with Crippen LogP contribution in [0.1, 0.15) is 12.8 Å². The van der Waals surface area contributed by atoms with E-state index < -0.39 is 12.1 Å². The van der Waals surface area contributed by atoms with Gasteiger partial charge in [-0.25, -0.2) is 19.7 Å². The van der Waals surface area contributed by atoms with Gasteiger partial charge in [0.25, 0.3) is 5.91 Å². The molecule has 4 rings (SSSR count). The Morgan fingerprint density at radius 2 is 1.87 bits per heavy atom. The Morgan fingerprint density at radius 3 is 2.52 bits per heavy atom. The molecule has 0 radical (unpaired) electrons. The highest BCUT2D eigenvalue weighted by molar-refractivity contribution is 7.99. The Morgan fingerprint density at radius 1 is 1.19 bits per heavy atom. The normalized spacial score (nSPS) is 23.9. The Hall–Kier alpha value is -3.02. The number of likely N-dealkylation sites (N-methyl/N-ethyl adjacent to an activating group) is 2. The van der Waals surface area contributed by atoms with Crippen molar-refractivity contribution in [2.45, 2.75) is 24.0 Å². The lowest BCUT2D eigenvalue weighted by atomic mass is 9.97. The largest absolute Gasteiger partial charge is 0.392 e. The lowest BCUT2D eigenvalue weighted by Gasteiger charge is -2.33. The van der Waals surface area contributed by atoms with Gasteiger partial charge in [-0.3, -0.25) is 24.0 Å². The fourth-order valence-corrected chi connectivity index (χ4v) is 4.77. The van der Waals surface area contributed by atoms with Crippen molar-refractivity contribution in [1.82, 2.24) is 24.7 Å². The smallest absolute Gasteiger partial charge is 0.369 e. The molecular formula is C19H25N8O3S+. The fraction of sp³-hybridized carbons (Fsp3) is 0.526. The first kappa shape index (κ1) is 21.2. The number of piperidine rings is 1. The lowest BCUT2D eigenvalue weighted by molar-refractivity contribution is -0.544. The molecule has 1 unspecified atom stereocenters. The van der Waals surface area contributed by atoms with Crippen LogP contribution in [0, 0.1) is 5.92 Å². The number of primary amides is 1. The number of nitrogens with two attached hydrogens (primary N) is 1. The molecule has 0 bridgehead atoms. The molecule has 0 spiro atoms. The number of carbonyl (C=O) groups excluding carboxylic acids is 3. The molecule has 1 aromatic heterocycles. The van der Waals surface area contributed by atoms with Crippen molar-refractivity contribution in [3.8, 4) is 0 Å². The zero-order valence-electron chi connectivity index (χ0n) is 17.5. The van der Waals surface area contributed by atoms with Crippen molar-refractivity contribution in [3.63, 3.8) is 0 Å². The molecule has 2 N–H and O–H groups in total. The standard InChI is InChI=1S/C19H24N8O3S/c1-24-15-13(16(29)25(2)19(24)30)27(10-11-31-17-21-6-3-7-22-17)18(23-15)26-8-4-12(5-9-26)14(20)28/h3,6-7,12-13H,4-5,8-11H2,1-2H3,(H-,20,28)/p+1. The van der Waals surface area contributed by atoms with Gasteiger partial charge in [0.1, 0.15) is 0 Å². The van der Waals surface area contributed by atoms with Crippen LogP contribution < -0.4 is 5.73 Å². The highest BCUT2D eigenvalue weighted by atomic mass is 32.2. The average molecular weight is 446 g/mol. The Kier molecular flexibility index (Phi) is 5.90. The molecular weight excluding hydrogens is 420 g/mol. The molecule has 31 heavy (non-hydrogen) atoms. The third-order valence-corrected chi connectivity index (χ3v) is 6.65. The zero-order chi connectivity index (χ0) is 22.1. The third kappa shape index (κ3) is 3.99. The first-order chi connectivity index (χ1) is 14.9. The quantitative estimate of drug-likeness (QED) is 0.365. The number of rotatable bonds is 5. The molecule has 11 nitrogen and oxygen atoms in total. The summed E-state index contributed by atoms with van der Waals surface area (Å²) in [6.45, 7) is 1.74. The molecule has 2 saturated heterocycles. The van der Waals surface area contributed by atoms with E-state index in [1.54, 1.807) is 25.5 Å². The molecule has 3 aliphatic rings. The maximum absolute atomic E-state index is 13.0. The number of amides is 4. The summed E-state index contributed by atoms with van der Waals surface area (Å²) in [5.74, 6) is 0.990. The van der Waals surface area contributed by atoms with Gasteiger partial charge in [0.05, 0.1) is 19.6 Å². The molecule has 1 aromatic rings. The van der Waals surface area contributed by atoms with Crippen LogP contribution in [0.3, 0.4) is 0 Å². The number of guanidine groups is 1. The monoisotopic (exact) mass is 445 g/mol. The van der Waals surface area contributed by atoms with Crippen LogP contribution in [0.2, 0.25) is 0 Å². The summed E-state index contributed by atoms with van der Waals surface area (Å²) in [4.78, 5) is 54.6.